The molecular weight excluding hydrogens is 290 g/mol. The van der Waals surface area contributed by atoms with Gasteiger partial charge in [0.2, 0.25) is 0 Å². The van der Waals surface area contributed by atoms with Crippen LogP contribution in [0.25, 0.3) is 10.9 Å². The average molecular weight is 313 g/mol. The third-order valence-corrected chi connectivity index (χ3v) is 4.36. The summed E-state index contributed by atoms with van der Waals surface area (Å²) >= 11 is 0. The van der Waals surface area contributed by atoms with Crippen LogP contribution in [0.15, 0.2) is 36.5 Å². The van der Waals surface area contributed by atoms with Crippen molar-refractivity contribution in [2.45, 2.75) is 25.4 Å². The van der Waals surface area contributed by atoms with Crippen molar-refractivity contribution in [3.8, 4) is 0 Å². The van der Waals surface area contributed by atoms with Gasteiger partial charge in [-0.05, 0) is 50.1 Å². The number of amides is 1. The van der Waals surface area contributed by atoms with Crippen LogP contribution in [0.5, 0.6) is 0 Å². The van der Waals surface area contributed by atoms with Gasteiger partial charge >= 0.3 is 0 Å². The monoisotopic (exact) mass is 313 g/mol. The maximum absolute atomic E-state index is 12.2. The van der Waals surface area contributed by atoms with Crippen molar-refractivity contribution >= 4 is 16.8 Å². The Morgan fingerprint density at radius 1 is 1.30 bits per heavy atom. The van der Waals surface area contributed by atoms with Crippen molar-refractivity contribution in [3.63, 3.8) is 0 Å². The van der Waals surface area contributed by atoms with Gasteiger partial charge in [0.25, 0.3) is 5.91 Å². The Labute approximate surface area is 136 Å². The molecule has 1 saturated heterocycles. The van der Waals surface area contributed by atoms with E-state index in [2.05, 4.69) is 15.2 Å². The number of nitrogens with zero attached hydrogens (tertiary/aromatic N) is 2. The minimum Gasteiger partial charge on any atom is -0.393 e. The standard InChI is InChI=1S/C18H23N3O2/c22-16-6-11-21(12-7-16)10-2-9-20-18(23)15-4-5-17-14(13-15)3-1-8-19-17/h1,3-5,8,13,16,22H,2,6-7,9-12H2,(H,20,23). The lowest BCUT2D eigenvalue weighted by Gasteiger charge is -2.29. The number of carbonyl (C=O) groups is 1. The highest BCUT2D eigenvalue weighted by molar-refractivity contribution is 5.97. The molecule has 1 aromatic heterocycles. The molecule has 0 unspecified atom stereocenters. The molecule has 1 aliphatic rings. The molecule has 3 rings (SSSR count). The first-order chi connectivity index (χ1) is 11.2. The number of nitrogens with one attached hydrogen (secondary N) is 1. The summed E-state index contributed by atoms with van der Waals surface area (Å²) in [6, 6.07) is 9.41. The molecule has 0 radical (unpaired) electrons. The summed E-state index contributed by atoms with van der Waals surface area (Å²) in [5.41, 5.74) is 1.57. The first-order valence-corrected chi connectivity index (χ1v) is 8.26. The molecule has 23 heavy (non-hydrogen) atoms. The lowest BCUT2D eigenvalue weighted by molar-refractivity contribution is 0.0816. The second kappa shape index (κ2) is 7.53. The third kappa shape index (κ3) is 4.27. The van der Waals surface area contributed by atoms with Crippen LogP contribution in [0.4, 0.5) is 0 Å². The number of carbonyl (C=O) groups excluding carboxylic acids is 1. The minimum absolute atomic E-state index is 0.0372. The van der Waals surface area contributed by atoms with Gasteiger partial charge in [0, 0.05) is 36.8 Å². The van der Waals surface area contributed by atoms with E-state index in [-0.39, 0.29) is 12.0 Å². The highest BCUT2D eigenvalue weighted by atomic mass is 16.3. The van der Waals surface area contributed by atoms with Crippen LogP contribution in [-0.2, 0) is 0 Å². The lowest BCUT2D eigenvalue weighted by Crippen LogP contribution is -2.37. The zero-order chi connectivity index (χ0) is 16.1. The predicted molar refractivity (Wildman–Crippen MR) is 90.4 cm³/mol. The van der Waals surface area contributed by atoms with Crippen LogP contribution in [0.3, 0.4) is 0 Å². The normalized spacial score (nSPS) is 16.6. The van der Waals surface area contributed by atoms with Crippen LogP contribution >= 0.6 is 0 Å². The zero-order valence-electron chi connectivity index (χ0n) is 13.2. The molecule has 2 aromatic rings. The summed E-state index contributed by atoms with van der Waals surface area (Å²) in [6.45, 7) is 3.54. The van der Waals surface area contributed by atoms with E-state index in [1.807, 2.05) is 30.3 Å². The fraction of sp³-hybridized carbons (Fsp3) is 0.444. The number of aliphatic hydroxyl groups excluding tert-OH is 1. The van der Waals surface area contributed by atoms with E-state index < -0.39 is 0 Å². The zero-order valence-corrected chi connectivity index (χ0v) is 13.2. The number of benzene rings is 1. The summed E-state index contributed by atoms with van der Waals surface area (Å²) in [5, 5.41) is 13.4. The molecule has 2 heterocycles. The molecule has 1 aliphatic heterocycles. The van der Waals surface area contributed by atoms with Gasteiger partial charge in [0.1, 0.15) is 0 Å². The van der Waals surface area contributed by atoms with Crippen molar-refractivity contribution in [2.24, 2.45) is 0 Å². The van der Waals surface area contributed by atoms with Gasteiger partial charge in [-0.15, -0.1) is 0 Å². The average Bonchev–Trinajstić information content (AvgIpc) is 2.59. The molecule has 0 spiro atoms. The number of hydrogen-bond acceptors (Lipinski definition) is 4. The lowest BCUT2D eigenvalue weighted by atomic mass is 10.1. The maximum atomic E-state index is 12.2. The summed E-state index contributed by atoms with van der Waals surface area (Å²) < 4.78 is 0. The van der Waals surface area contributed by atoms with Crippen LogP contribution in [0.1, 0.15) is 29.6 Å². The molecule has 1 aromatic carbocycles. The number of piperidine rings is 1. The van der Waals surface area contributed by atoms with E-state index in [9.17, 15) is 9.90 Å². The Morgan fingerprint density at radius 3 is 2.96 bits per heavy atom. The Morgan fingerprint density at radius 2 is 2.13 bits per heavy atom. The number of likely N-dealkylation sites (tertiary alicyclic amines) is 1. The molecule has 1 fully saturated rings. The highest BCUT2D eigenvalue weighted by Crippen LogP contribution is 2.13. The van der Waals surface area contributed by atoms with Gasteiger partial charge in [0.15, 0.2) is 0 Å². The fourth-order valence-corrected chi connectivity index (χ4v) is 2.97. The molecular formula is C18H23N3O2. The molecule has 1 amide bonds. The van der Waals surface area contributed by atoms with Crippen molar-refractivity contribution in [1.82, 2.24) is 15.2 Å². The number of rotatable bonds is 5. The van der Waals surface area contributed by atoms with E-state index in [0.29, 0.717) is 12.1 Å². The van der Waals surface area contributed by atoms with Gasteiger partial charge in [-0.1, -0.05) is 6.07 Å². The number of pyridine rings is 1. The molecule has 0 bridgehead atoms. The van der Waals surface area contributed by atoms with Gasteiger partial charge in [-0.3, -0.25) is 9.78 Å². The van der Waals surface area contributed by atoms with Crippen LogP contribution in [0.2, 0.25) is 0 Å². The Hall–Kier alpha value is -1.98. The molecule has 0 saturated carbocycles. The number of aliphatic hydroxyl groups is 1. The van der Waals surface area contributed by atoms with Gasteiger partial charge in [-0.25, -0.2) is 0 Å². The van der Waals surface area contributed by atoms with Gasteiger partial charge in [-0.2, -0.15) is 0 Å². The smallest absolute Gasteiger partial charge is 0.251 e. The van der Waals surface area contributed by atoms with E-state index in [4.69, 9.17) is 0 Å². The van der Waals surface area contributed by atoms with Crippen molar-refractivity contribution in [2.75, 3.05) is 26.2 Å². The second-order valence-corrected chi connectivity index (χ2v) is 6.09. The SMILES string of the molecule is O=C(NCCCN1CCC(O)CC1)c1ccc2ncccc2c1. The van der Waals surface area contributed by atoms with Crippen LogP contribution in [0, 0.1) is 0 Å². The molecule has 5 nitrogen and oxygen atoms in total. The van der Waals surface area contributed by atoms with E-state index in [0.717, 1.165) is 49.8 Å². The third-order valence-electron chi connectivity index (χ3n) is 4.36. The summed E-state index contributed by atoms with van der Waals surface area (Å²) in [7, 11) is 0. The Bertz CT molecular complexity index is 666. The van der Waals surface area contributed by atoms with Crippen molar-refractivity contribution in [1.29, 1.82) is 0 Å². The predicted octanol–water partition coefficient (Wildman–Crippen LogP) is 1.81. The van der Waals surface area contributed by atoms with Crippen molar-refractivity contribution in [3.05, 3.63) is 42.1 Å². The maximum Gasteiger partial charge on any atom is 0.251 e. The number of fused-ring (bicyclic) bond motifs is 1. The second-order valence-electron chi connectivity index (χ2n) is 6.09. The quantitative estimate of drug-likeness (QED) is 0.826. The van der Waals surface area contributed by atoms with Crippen molar-refractivity contribution < 1.29 is 9.90 Å². The number of aromatic nitrogens is 1. The van der Waals surface area contributed by atoms with Crippen LogP contribution < -0.4 is 5.32 Å². The molecule has 2 N–H and O–H groups in total. The van der Waals surface area contributed by atoms with Gasteiger partial charge < -0.3 is 15.3 Å². The van der Waals surface area contributed by atoms with E-state index in [1.54, 1.807) is 6.20 Å². The topological polar surface area (TPSA) is 65.5 Å². The molecule has 0 atom stereocenters. The number of hydrogen-bond donors (Lipinski definition) is 2. The summed E-state index contributed by atoms with van der Waals surface area (Å²) in [5.74, 6) is -0.0372. The summed E-state index contributed by atoms with van der Waals surface area (Å²) in [6.07, 6.45) is 4.27. The Balaban J connectivity index is 1.45. The molecule has 122 valence electrons. The molecule has 5 heteroatoms. The van der Waals surface area contributed by atoms with Gasteiger partial charge in [0.05, 0.1) is 11.6 Å². The Kier molecular flexibility index (Phi) is 5.20. The van der Waals surface area contributed by atoms with E-state index in [1.165, 1.54) is 0 Å². The van der Waals surface area contributed by atoms with E-state index >= 15 is 0 Å². The van der Waals surface area contributed by atoms with Crippen LogP contribution in [-0.4, -0.2) is 53.2 Å². The minimum atomic E-state index is -0.131. The summed E-state index contributed by atoms with van der Waals surface area (Å²) in [4.78, 5) is 18.8. The largest absolute Gasteiger partial charge is 0.393 e. The first-order valence-electron chi connectivity index (χ1n) is 8.26. The highest BCUT2D eigenvalue weighted by Gasteiger charge is 2.16. The fourth-order valence-electron chi connectivity index (χ4n) is 2.97. The first kappa shape index (κ1) is 15.9. The molecule has 0 aliphatic carbocycles.